The van der Waals surface area contributed by atoms with E-state index in [-0.39, 0.29) is 11.9 Å². The van der Waals surface area contributed by atoms with E-state index >= 15 is 0 Å². The van der Waals surface area contributed by atoms with E-state index in [1.807, 2.05) is 11.7 Å². The zero-order valence-electron chi connectivity index (χ0n) is 17.4. The van der Waals surface area contributed by atoms with Crippen molar-refractivity contribution in [3.63, 3.8) is 0 Å². The van der Waals surface area contributed by atoms with Crippen molar-refractivity contribution in [1.29, 1.82) is 0 Å². The molecule has 10 heteroatoms. The third-order valence-corrected chi connectivity index (χ3v) is 7.97. The number of aromatic nitrogens is 4. The minimum atomic E-state index is -3.47. The van der Waals surface area contributed by atoms with Gasteiger partial charge < -0.3 is 4.90 Å². The van der Waals surface area contributed by atoms with Crippen LogP contribution in [0.15, 0.2) is 0 Å². The SMILES string of the molecule is CN(C(=O)CCCCc1nnnn1C1CCCCC1)C1CCC(S(N)(=O)=O)CC1. The summed E-state index contributed by atoms with van der Waals surface area (Å²) < 4.78 is 24.9. The molecule has 0 radical (unpaired) electrons. The molecule has 1 aromatic heterocycles. The van der Waals surface area contributed by atoms with E-state index in [2.05, 4.69) is 15.5 Å². The maximum atomic E-state index is 12.5. The van der Waals surface area contributed by atoms with Crippen LogP contribution >= 0.6 is 0 Å². The van der Waals surface area contributed by atoms with Crippen LogP contribution in [0.4, 0.5) is 0 Å². The predicted molar refractivity (Wildman–Crippen MR) is 109 cm³/mol. The Kier molecular flexibility index (Phi) is 7.61. The maximum absolute atomic E-state index is 12.5. The van der Waals surface area contributed by atoms with Gasteiger partial charge in [0.25, 0.3) is 0 Å². The molecule has 0 saturated heterocycles. The number of nitrogens with two attached hydrogens (primary N) is 1. The molecule has 2 fully saturated rings. The van der Waals surface area contributed by atoms with E-state index in [1.165, 1.54) is 19.3 Å². The summed E-state index contributed by atoms with van der Waals surface area (Å²) in [5, 5.41) is 17.0. The summed E-state index contributed by atoms with van der Waals surface area (Å²) in [5.74, 6) is 1.05. The molecule has 9 nitrogen and oxygen atoms in total. The highest BCUT2D eigenvalue weighted by Gasteiger charge is 2.31. The summed E-state index contributed by atoms with van der Waals surface area (Å²) in [7, 11) is -1.64. The second-order valence-electron chi connectivity index (χ2n) is 8.56. The van der Waals surface area contributed by atoms with Crippen LogP contribution in [0.2, 0.25) is 0 Å². The number of rotatable bonds is 8. The average molecular weight is 427 g/mol. The van der Waals surface area contributed by atoms with E-state index < -0.39 is 15.3 Å². The first-order valence-corrected chi connectivity index (χ1v) is 12.5. The number of tetrazole rings is 1. The van der Waals surface area contributed by atoms with Crippen LogP contribution in [0.1, 0.15) is 88.9 Å². The lowest BCUT2D eigenvalue weighted by Crippen LogP contribution is -2.42. The minimum Gasteiger partial charge on any atom is -0.343 e. The highest BCUT2D eigenvalue weighted by Crippen LogP contribution is 2.28. The normalized spacial score (nSPS) is 23.8. The van der Waals surface area contributed by atoms with Crippen molar-refractivity contribution in [1.82, 2.24) is 25.1 Å². The number of nitrogens with zero attached hydrogens (tertiary/aromatic N) is 5. The Bertz CT molecular complexity index is 767. The van der Waals surface area contributed by atoms with Gasteiger partial charge in [0.15, 0.2) is 5.82 Å². The molecular weight excluding hydrogens is 392 g/mol. The summed E-state index contributed by atoms with van der Waals surface area (Å²) in [5.41, 5.74) is 0. The van der Waals surface area contributed by atoms with Crippen molar-refractivity contribution in [3.05, 3.63) is 5.82 Å². The lowest BCUT2D eigenvalue weighted by molar-refractivity contribution is -0.132. The third-order valence-electron chi connectivity index (χ3n) is 6.57. The second-order valence-corrected chi connectivity index (χ2v) is 10.4. The molecule has 2 N–H and O–H groups in total. The molecule has 1 amide bonds. The first-order valence-electron chi connectivity index (χ1n) is 10.9. The number of sulfonamides is 1. The van der Waals surface area contributed by atoms with Crippen molar-refractivity contribution in [3.8, 4) is 0 Å². The van der Waals surface area contributed by atoms with Gasteiger partial charge in [-0.05, 0) is 61.8 Å². The van der Waals surface area contributed by atoms with Crippen molar-refractivity contribution < 1.29 is 13.2 Å². The number of unbranched alkanes of at least 4 members (excludes halogenated alkanes) is 1. The summed E-state index contributed by atoms with van der Waals surface area (Å²) >= 11 is 0. The number of aryl methyl sites for hydroxylation is 1. The smallest absolute Gasteiger partial charge is 0.222 e. The molecule has 2 saturated carbocycles. The number of amides is 1. The molecular formula is C19H34N6O3S. The molecule has 2 aliphatic rings. The Morgan fingerprint density at radius 1 is 1.10 bits per heavy atom. The fraction of sp³-hybridized carbons (Fsp3) is 0.895. The van der Waals surface area contributed by atoms with E-state index in [4.69, 9.17) is 5.14 Å². The Morgan fingerprint density at radius 3 is 2.45 bits per heavy atom. The van der Waals surface area contributed by atoms with Crippen LogP contribution in [0.3, 0.4) is 0 Å². The molecule has 1 heterocycles. The van der Waals surface area contributed by atoms with Gasteiger partial charge in [-0.3, -0.25) is 4.79 Å². The van der Waals surface area contributed by atoms with Crippen LogP contribution in [0.25, 0.3) is 0 Å². The van der Waals surface area contributed by atoms with Gasteiger partial charge in [-0.2, -0.15) is 0 Å². The maximum Gasteiger partial charge on any atom is 0.222 e. The topological polar surface area (TPSA) is 124 Å². The molecule has 0 unspecified atom stereocenters. The van der Waals surface area contributed by atoms with Gasteiger partial charge in [0.1, 0.15) is 0 Å². The quantitative estimate of drug-likeness (QED) is 0.634. The van der Waals surface area contributed by atoms with Crippen LogP contribution in [0.5, 0.6) is 0 Å². The molecule has 2 aliphatic carbocycles. The van der Waals surface area contributed by atoms with Gasteiger partial charge in [-0.15, -0.1) is 5.10 Å². The summed E-state index contributed by atoms with van der Waals surface area (Å²) in [6, 6.07) is 0.535. The lowest BCUT2D eigenvalue weighted by Gasteiger charge is -2.34. The number of hydrogen-bond donors (Lipinski definition) is 1. The largest absolute Gasteiger partial charge is 0.343 e. The third kappa shape index (κ3) is 5.97. The fourth-order valence-electron chi connectivity index (χ4n) is 4.69. The molecule has 0 atom stereocenters. The monoisotopic (exact) mass is 426 g/mol. The standard InChI is InChI=1S/C19H34N6O3S/c1-24(15-11-13-17(14-12-15)29(20,27)28)19(26)10-6-5-9-18-21-22-23-25(18)16-7-3-2-4-8-16/h15-17H,2-14H2,1H3,(H2,20,27,28). The first kappa shape index (κ1) is 22.1. The van der Waals surface area contributed by atoms with E-state index in [0.29, 0.717) is 38.1 Å². The van der Waals surface area contributed by atoms with Crippen molar-refractivity contribution in [2.24, 2.45) is 5.14 Å². The average Bonchev–Trinajstić information content (AvgIpc) is 3.19. The van der Waals surface area contributed by atoms with Gasteiger partial charge in [0, 0.05) is 25.9 Å². The van der Waals surface area contributed by atoms with E-state index in [1.54, 1.807) is 4.90 Å². The zero-order valence-corrected chi connectivity index (χ0v) is 18.2. The number of primary sulfonamides is 1. The van der Waals surface area contributed by atoms with Crippen molar-refractivity contribution >= 4 is 15.9 Å². The van der Waals surface area contributed by atoms with Gasteiger partial charge in [0.05, 0.1) is 11.3 Å². The second kappa shape index (κ2) is 9.97. The van der Waals surface area contributed by atoms with Gasteiger partial charge >= 0.3 is 0 Å². The molecule has 0 aliphatic heterocycles. The molecule has 0 aromatic carbocycles. The van der Waals surface area contributed by atoms with Crippen LogP contribution in [-0.2, 0) is 21.2 Å². The molecule has 1 aromatic rings. The Hall–Kier alpha value is -1.55. The van der Waals surface area contributed by atoms with Gasteiger partial charge in [0.2, 0.25) is 15.9 Å². The van der Waals surface area contributed by atoms with Crippen LogP contribution in [-0.4, -0.2) is 57.8 Å². The van der Waals surface area contributed by atoms with E-state index in [0.717, 1.165) is 37.9 Å². The van der Waals surface area contributed by atoms with Crippen molar-refractivity contribution in [2.75, 3.05) is 7.05 Å². The van der Waals surface area contributed by atoms with E-state index in [9.17, 15) is 13.2 Å². The highest BCUT2D eigenvalue weighted by atomic mass is 32.2. The molecule has 3 rings (SSSR count). The summed E-state index contributed by atoms with van der Waals surface area (Å²) in [6.07, 6.45) is 11.5. The Balaban J connectivity index is 1.39. The highest BCUT2D eigenvalue weighted by molar-refractivity contribution is 7.89. The fourth-order valence-corrected chi connectivity index (χ4v) is 5.62. The number of carbonyl (C=O) groups is 1. The zero-order chi connectivity index (χ0) is 20.9. The number of carbonyl (C=O) groups excluding carboxylic acids is 1. The Labute approximate surface area is 173 Å². The molecule has 164 valence electrons. The minimum absolute atomic E-state index is 0.110. The lowest BCUT2D eigenvalue weighted by atomic mass is 9.93. The Morgan fingerprint density at radius 2 is 1.79 bits per heavy atom. The molecule has 0 bridgehead atoms. The van der Waals surface area contributed by atoms with Crippen LogP contribution < -0.4 is 5.14 Å². The van der Waals surface area contributed by atoms with Crippen LogP contribution in [0, 0.1) is 0 Å². The van der Waals surface area contributed by atoms with Crippen molar-refractivity contribution in [2.45, 2.75) is 101 Å². The molecule has 0 spiro atoms. The first-order chi connectivity index (χ1) is 13.9. The molecule has 29 heavy (non-hydrogen) atoms. The summed E-state index contributed by atoms with van der Waals surface area (Å²) in [6.45, 7) is 0. The number of hydrogen-bond acceptors (Lipinski definition) is 6. The predicted octanol–water partition coefficient (Wildman–Crippen LogP) is 1.95. The van der Waals surface area contributed by atoms with Gasteiger partial charge in [-0.1, -0.05) is 19.3 Å². The summed E-state index contributed by atoms with van der Waals surface area (Å²) in [4.78, 5) is 14.3. The van der Waals surface area contributed by atoms with Gasteiger partial charge in [-0.25, -0.2) is 18.2 Å².